The van der Waals surface area contributed by atoms with Gasteiger partial charge in [0.25, 0.3) is 5.91 Å². The van der Waals surface area contributed by atoms with Gasteiger partial charge in [0.2, 0.25) is 0 Å². The minimum absolute atomic E-state index is 0.0665. The predicted molar refractivity (Wildman–Crippen MR) is 85.6 cm³/mol. The van der Waals surface area contributed by atoms with Crippen LogP contribution in [-0.2, 0) is 6.42 Å². The Labute approximate surface area is 138 Å². The van der Waals surface area contributed by atoms with E-state index in [1.807, 2.05) is 12.1 Å². The number of carboxylic acids is 1. The van der Waals surface area contributed by atoms with E-state index in [1.165, 1.54) is 6.20 Å². The first-order valence-electron chi connectivity index (χ1n) is 7.53. The van der Waals surface area contributed by atoms with E-state index in [2.05, 4.69) is 8.75 Å². The van der Waals surface area contributed by atoms with Crippen LogP contribution in [0.1, 0.15) is 39.3 Å². The van der Waals surface area contributed by atoms with Crippen LogP contribution in [0.15, 0.2) is 30.5 Å². The van der Waals surface area contributed by atoms with Crippen molar-refractivity contribution in [3.05, 3.63) is 47.3 Å². The highest BCUT2D eigenvalue weighted by molar-refractivity contribution is 6.99. The first kappa shape index (κ1) is 15.6. The smallest absolute Gasteiger partial charge is 0.335 e. The minimum atomic E-state index is -0.885. The van der Waals surface area contributed by atoms with E-state index in [0.717, 1.165) is 36.6 Å². The summed E-state index contributed by atoms with van der Waals surface area (Å²) in [6, 6.07) is 7.14. The second-order valence-electron chi connectivity index (χ2n) is 5.69. The third-order valence-corrected chi connectivity index (χ3v) is 4.72. The zero-order chi connectivity index (χ0) is 16.2. The van der Waals surface area contributed by atoms with Crippen LogP contribution in [0.3, 0.4) is 0 Å². The highest BCUT2D eigenvalue weighted by Gasteiger charge is 2.25. The number of amides is 1. The Morgan fingerprint density at radius 3 is 2.65 bits per heavy atom. The van der Waals surface area contributed by atoms with Crippen molar-refractivity contribution in [2.24, 2.45) is 5.92 Å². The number of rotatable bonds is 4. The average molecular weight is 331 g/mol. The molecular weight excluding hydrogens is 314 g/mol. The van der Waals surface area contributed by atoms with Gasteiger partial charge in [-0.05, 0) is 36.8 Å². The number of nitrogens with zero attached hydrogens (tertiary/aromatic N) is 3. The molecule has 7 heteroatoms. The summed E-state index contributed by atoms with van der Waals surface area (Å²) in [5.74, 6) is -0.555. The third kappa shape index (κ3) is 3.56. The molecule has 1 N–H and O–H groups in total. The number of piperidine rings is 1. The first-order valence-corrected chi connectivity index (χ1v) is 8.26. The van der Waals surface area contributed by atoms with Crippen LogP contribution >= 0.6 is 11.7 Å². The summed E-state index contributed by atoms with van der Waals surface area (Å²) in [4.78, 5) is 25.3. The monoisotopic (exact) mass is 331 g/mol. The lowest BCUT2D eigenvalue weighted by atomic mass is 9.88. The van der Waals surface area contributed by atoms with Crippen molar-refractivity contribution in [2.75, 3.05) is 13.1 Å². The maximum atomic E-state index is 12.2. The van der Waals surface area contributed by atoms with E-state index in [-0.39, 0.29) is 5.91 Å². The molecule has 0 aliphatic carbocycles. The number of hydrogen-bond acceptors (Lipinski definition) is 5. The SMILES string of the molecule is O=C(O)c1ccccc1CC1CCN(C(=O)c2cnsn2)CC1. The molecule has 2 heterocycles. The summed E-state index contributed by atoms with van der Waals surface area (Å²) in [7, 11) is 0. The number of likely N-dealkylation sites (tertiary alicyclic amines) is 1. The molecule has 2 aromatic rings. The quantitative estimate of drug-likeness (QED) is 0.929. The van der Waals surface area contributed by atoms with Crippen LogP contribution in [-0.4, -0.2) is 43.7 Å². The molecule has 1 aliphatic rings. The van der Waals surface area contributed by atoms with Crippen molar-refractivity contribution < 1.29 is 14.7 Å². The first-order chi connectivity index (χ1) is 11.1. The van der Waals surface area contributed by atoms with Gasteiger partial charge in [0.05, 0.1) is 23.5 Å². The molecule has 0 saturated carbocycles. The number of hydrogen-bond donors (Lipinski definition) is 1. The van der Waals surface area contributed by atoms with Crippen LogP contribution in [0.5, 0.6) is 0 Å². The highest BCUT2D eigenvalue weighted by Crippen LogP contribution is 2.24. The van der Waals surface area contributed by atoms with Crippen LogP contribution < -0.4 is 0 Å². The number of carboxylic acid groups (broad SMARTS) is 1. The topological polar surface area (TPSA) is 83.4 Å². The van der Waals surface area contributed by atoms with E-state index in [1.54, 1.807) is 17.0 Å². The lowest BCUT2D eigenvalue weighted by molar-refractivity contribution is 0.0685. The minimum Gasteiger partial charge on any atom is -0.478 e. The summed E-state index contributed by atoms with van der Waals surface area (Å²) < 4.78 is 7.85. The van der Waals surface area contributed by atoms with Gasteiger partial charge in [-0.3, -0.25) is 4.79 Å². The molecule has 1 saturated heterocycles. The summed E-state index contributed by atoms with van der Waals surface area (Å²) in [6.07, 6.45) is 3.99. The van der Waals surface area contributed by atoms with Gasteiger partial charge in [0, 0.05) is 13.1 Å². The second-order valence-corrected chi connectivity index (χ2v) is 6.25. The molecule has 0 bridgehead atoms. The molecule has 0 radical (unpaired) electrons. The molecule has 1 aromatic carbocycles. The molecular formula is C16H17N3O3S. The Balaban J connectivity index is 1.60. The van der Waals surface area contributed by atoms with E-state index in [0.29, 0.717) is 30.3 Å². The number of carbonyl (C=O) groups excluding carboxylic acids is 1. The molecule has 1 aromatic heterocycles. The average Bonchev–Trinajstić information content (AvgIpc) is 3.10. The summed E-state index contributed by atoms with van der Waals surface area (Å²) in [5, 5.41) is 9.25. The number of aromatic carboxylic acids is 1. The lowest BCUT2D eigenvalue weighted by Gasteiger charge is -2.31. The van der Waals surface area contributed by atoms with Gasteiger partial charge in [0.1, 0.15) is 0 Å². The van der Waals surface area contributed by atoms with Gasteiger partial charge >= 0.3 is 5.97 Å². The molecule has 6 nitrogen and oxygen atoms in total. The Morgan fingerprint density at radius 2 is 2.00 bits per heavy atom. The van der Waals surface area contributed by atoms with Gasteiger partial charge in [-0.25, -0.2) is 4.79 Å². The number of carbonyl (C=O) groups is 2. The maximum Gasteiger partial charge on any atom is 0.335 e. The Kier molecular flexibility index (Phi) is 4.66. The van der Waals surface area contributed by atoms with Crippen molar-refractivity contribution in [2.45, 2.75) is 19.3 Å². The molecule has 1 fully saturated rings. The van der Waals surface area contributed by atoms with Crippen LogP contribution in [0.2, 0.25) is 0 Å². The number of benzene rings is 1. The molecule has 120 valence electrons. The second kappa shape index (κ2) is 6.87. The van der Waals surface area contributed by atoms with E-state index in [4.69, 9.17) is 0 Å². The Morgan fingerprint density at radius 1 is 1.26 bits per heavy atom. The fraction of sp³-hybridized carbons (Fsp3) is 0.375. The Bertz CT molecular complexity index is 694. The van der Waals surface area contributed by atoms with Crippen molar-refractivity contribution >= 4 is 23.6 Å². The van der Waals surface area contributed by atoms with Crippen LogP contribution in [0, 0.1) is 5.92 Å². The van der Waals surface area contributed by atoms with Crippen LogP contribution in [0.4, 0.5) is 0 Å². The summed E-state index contributed by atoms with van der Waals surface area (Å²) in [6.45, 7) is 1.35. The molecule has 0 unspecified atom stereocenters. The largest absolute Gasteiger partial charge is 0.478 e. The van der Waals surface area contributed by atoms with E-state index < -0.39 is 5.97 Å². The predicted octanol–water partition coefficient (Wildman–Crippen LogP) is 2.33. The fourth-order valence-electron chi connectivity index (χ4n) is 2.98. The lowest BCUT2D eigenvalue weighted by Crippen LogP contribution is -2.39. The number of aromatic nitrogens is 2. The summed E-state index contributed by atoms with van der Waals surface area (Å²) >= 11 is 1.04. The molecule has 1 aliphatic heterocycles. The van der Waals surface area contributed by atoms with Crippen molar-refractivity contribution in [3.8, 4) is 0 Å². The van der Waals surface area contributed by atoms with Crippen molar-refractivity contribution in [1.82, 2.24) is 13.6 Å². The molecule has 0 atom stereocenters. The zero-order valence-electron chi connectivity index (χ0n) is 12.5. The maximum absolute atomic E-state index is 12.2. The molecule has 3 rings (SSSR count). The van der Waals surface area contributed by atoms with Gasteiger partial charge in [-0.2, -0.15) is 8.75 Å². The zero-order valence-corrected chi connectivity index (χ0v) is 13.3. The standard InChI is InChI=1S/C16H17N3O3S/c20-15(14-10-17-23-18-14)19-7-5-11(6-8-19)9-12-3-1-2-4-13(12)16(21)22/h1-4,10-11H,5-9H2,(H,21,22). The normalized spacial score (nSPS) is 15.6. The van der Waals surface area contributed by atoms with Gasteiger partial charge in [-0.15, -0.1) is 0 Å². The fourth-order valence-corrected chi connectivity index (χ4v) is 3.39. The summed E-state index contributed by atoms with van der Waals surface area (Å²) in [5.41, 5.74) is 1.65. The van der Waals surface area contributed by atoms with Crippen molar-refractivity contribution in [1.29, 1.82) is 0 Å². The van der Waals surface area contributed by atoms with Crippen molar-refractivity contribution in [3.63, 3.8) is 0 Å². The molecule has 1 amide bonds. The molecule has 0 spiro atoms. The van der Waals surface area contributed by atoms with Gasteiger partial charge in [0.15, 0.2) is 5.69 Å². The highest BCUT2D eigenvalue weighted by atomic mass is 32.1. The van der Waals surface area contributed by atoms with Gasteiger partial charge < -0.3 is 10.0 Å². The molecule has 23 heavy (non-hydrogen) atoms. The van der Waals surface area contributed by atoms with E-state index in [9.17, 15) is 14.7 Å². The van der Waals surface area contributed by atoms with Gasteiger partial charge in [-0.1, -0.05) is 18.2 Å². The third-order valence-electron chi connectivity index (χ3n) is 4.24. The van der Waals surface area contributed by atoms with E-state index >= 15 is 0 Å². The van der Waals surface area contributed by atoms with Crippen LogP contribution in [0.25, 0.3) is 0 Å². The Hall–Kier alpha value is -2.28.